The molecule has 0 spiro atoms. The summed E-state index contributed by atoms with van der Waals surface area (Å²) in [6.07, 6.45) is 0.645. The molecule has 0 radical (unpaired) electrons. The maximum atomic E-state index is 11.7. The van der Waals surface area contributed by atoms with E-state index in [0.717, 1.165) is 10.8 Å². The second-order valence-corrected chi connectivity index (χ2v) is 8.14. The summed E-state index contributed by atoms with van der Waals surface area (Å²) in [6, 6.07) is 10.1. The first-order valence-electron chi connectivity index (χ1n) is 6.78. The monoisotopic (exact) mass is 321 g/mol. The van der Waals surface area contributed by atoms with E-state index >= 15 is 0 Å². The van der Waals surface area contributed by atoms with E-state index in [9.17, 15) is 13.2 Å². The van der Waals surface area contributed by atoms with Gasteiger partial charge in [0.05, 0.1) is 4.90 Å². The first-order chi connectivity index (χ1) is 10.0. The van der Waals surface area contributed by atoms with E-state index < -0.39 is 21.5 Å². The molecule has 1 N–H and O–H groups in total. The summed E-state index contributed by atoms with van der Waals surface area (Å²) in [5, 5.41) is 4.28. The van der Waals surface area contributed by atoms with Gasteiger partial charge in [-0.3, -0.25) is 5.32 Å². The fourth-order valence-corrected chi connectivity index (χ4v) is 2.61. The molecule has 2 aromatic carbocycles. The molecule has 2 rings (SSSR count). The van der Waals surface area contributed by atoms with Gasteiger partial charge in [0, 0.05) is 11.9 Å². The van der Waals surface area contributed by atoms with Gasteiger partial charge in [-0.1, -0.05) is 12.1 Å². The fraction of sp³-hybridized carbons (Fsp3) is 0.312. The third kappa shape index (κ3) is 4.21. The van der Waals surface area contributed by atoms with E-state index in [1.54, 1.807) is 57.2 Å². The third-order valence-electron chi connectivity index (χ3n) is 2.89. The van der Waals surface area contributed by atoms with Crippen LogP contribution in [0, 0.1) is 0 Å². The molecule has 0 aliphatic rings. The Labute approximate surface area is 130 Å². The lowest BCUT2D eigenvalue weighted by Crippen LogP contribution is -2.27. The quantitative estimate of drug-likeness (QED) is 0.917. The van der Waals surface area contributed by atoms with Gasteiger partial charge in [-0.05, 0) is 55.8 Å². The number of nitrogens with one attached hydrogen (secondary N) is 1. The maximum Gasteiger partial charge on any atom is 0.412 e. The van der Waals surface area contributed by atoms with Crippen molar-refractivity contribution in [2.75, 3.05) is 11.6 Å². The van der Waals surface area contributed by atoms with Crippen LogP contribution in [0.3, 0.4) is 0 Å². The van der Waals surface area contributed by atoms with Crippen LogP contribution < -0.4 is 5.32 Å². The van der Waals surface area contributed by atoms with E-state index in [2.05, 4.69) is 5.32 Å². The van der Waals surface area contributed by atoms with Gasteiger partial charge in [-0.2, -0.15) is 0 Å². The van der Waals surface area contributed by atoms with Crippen LogP contribution in [0.2, 0.25) is 0 Å². The Bertz CT molecular complexity index is 820. The molecule has 0 unspecified atom stereocenters. The first kappa shape index (κ1) is 16.3. The predicted molar refractivity (Wildman–Crippen MR) is 86.9 cm³/mol. The maximum absolute atomic E-state index is 11.7. The number of hydrogen-bond donors (Lipinski definition) is 1. The number of hydrogen-bond acceptors (Lipinski definition) is 4. The largest absolute Gasteiger partial charge is 0.444 e. The summed E-state index contributed by atoms with van der Waals surface area (Å²) < 4.78 is 28.3. The number of carbonyl (C=O) groups excluding carboxylic acids is 1. The molecular weight excluding hydrogens is 302 g/mol. The average molecular weight is 321 g/mol. The standard InChI is InChI=1S/C16H19NO4S/c1-16(2,3)21-15(18)17-13-7-5-12-10-14(22(4,19)20)8-6-11(12)9-13/h5-10H,1-4H3,(H,17,18). The molecular formula is C16H19NO4S. The van der Waals surface area contributed by atoms with Gasteiger partial charge >= 0.3 is 6.09 Å². The van der Waals surface area contributed by atoms with Crippen molar-refractivity contribution in [3.8, 4) is 0 Å². The molecule has 2 aromatic rings. The Hall–Kier alpha value is -2.08. The van der Waals surface area contributed by atoms with Crippen molar-refractivity contribution in [1.82, 2.24) is 0 Å². The second kappa shape index (κ2) is 5.61. The van der Waals surface area contributed by atoms with Crippen molar-refractivity contribution in [1.29, 1.82) is 0 Å². The highest BCUT2D eigenvalue weighted by Gasteiger charge is 2.16. The van der Waals surface area contributed by atoms with Crippen LogP contribution >= 0.6 is 0 Å². The van der Waals surface area contributed by atoms with Gasteiger partial charge in [-0.25, -0.2) is 13.2 Å². The highest BCUT2D eigenvalue weighted by atomic mass is 32.2. The summed E-state index contributed by atoms with van der Waals surface area (Å²) in [5.41, 5.74) is 0.0274. The zero-order valence-corrected chi connectivity index (χ0v) is 13.8. The first-order valence-corrected chi connectivity index (χ1v) is 8.68. The Morgan fingerprint density at radius 1 is 1.05 bits per heavy atom. The van der Waals surface area contributed by atoms with Crippen molar-refractivity contribution >= 4 is 32.4 Å². The topological polar surface area (TPSA) is 72.5 Å². The number of ether oxygens (including phenoxy) is 1. The van der Waals surface area contributed by atoms with E-state index in [1.807, 2.05) is 0 Å². The fourth-order valence-electron chi connectivity index (χ4n) is 1.95. The van der Waals surface area contributed by atoms with E-state index in [0.29, 0.717) is 5.69 Å². The number of rotatable bonds is 2. The van der Waals surface area contributed by atoms with Crippen molar-refractivity contribution in [3.63, 3.8) is 0 Å². The summed E-state index contributed by atoms with van der Waals surface area (Å²) in [6.45, 7) is 5.37. The van der Waals surface area contributed by atoms with Crippen LogP contribution in [-0.2, 0) is 14.6 Å². The van der Waals surface area contributed by atoms with Crippen LogP contribution in [0.4, 0.5) is 10.5 Å². The molecule has 0 aromatic heterocycles. The summed E-state index contributed by atoms with van der Waals surface area (Å²) >= 11 is 0. The molecule has 0 bridgehead atoms. The zero-order chi connectivity index (χ0) is 16.5. The SMILES string of the molecule is CC(C)(C)OC(=O)Nc1ccc2cc(S(C)(=O)=O)ccc2c1. The number of sulfone groups is 1. The van der Waals surface area contributed by atoms with Gasteiger partial charge in [0.1, 0.15) is 5.60 Å². The van der Waals surface area contributed by atoms with E-state index in [1.165, 1.54) is 6.26 Å². The normalized spacial score (nSPS) is 12.2. The van der Waals surface area contributed by atoms with Crippen molar-refractivity contribution < 1.29 is 17.9 Å². The molecule has 0 saturated carbocycles. The summed E-state index contributed by atoms with van der Waals surface area (Å²) in [4.78, 5) is 12.0. The minimum atomic E-state index is -3.23. The molecule has 0 saturated heterocycles. The number of carbonyl (C=O) groups is 1. The van der Waals surface area contributed by atoms with Crippen LogP contribution in [-0.4, -0.2) is 26.4 Å². The summed E-state index contributed by atoms with van der Waals surface area (Å²) in [5.74, 6) is 0. The molecule has 5 nitrogen and oxygen atoms in total. The van der Waals surface area contributed by atoms with Crippen LogP contribution in [0.15, 0.2) is 41.3 Å². The molecule has 6 heteroatoms. The Morgan fingerprint density at radius 3 is 2.23 bits per heavy atom. The smallest absolute Gasteiger partial charge is 0.412 e. The van der Waals surface area contributed by atoms with Crippen LogP contribution in [0.5, 0.6) is 0 Å². The lowest BCUT2D eigenvalue weighted by molar-refractivity contribution is 0.0636. The highest BCUT2D eigenvalue weighted by molar-refractivity contribution is 7.90. The molecule has 22 heavy (non-hydrogen) atoms. The predicted octanol–water partition coefficient (Wildman–Crippen LogP) is 3.59. The van der Waals surface area contributed by atoms with Gasteiger partial charge in [0.15, 0.2) is 9.84 Å². The van der Waals surface area contributed by atoms with Gasteiger partial charge in [0.25, 0.3) is 0 Å². The van der Waals surface area contributed by atoms with Crippen LogP contribution in [0.25, 0.3) is 10.8 Å². The average Bonchev–Trinajstić information content (AvgIpc) is 2.34. The third-order valence-corrected chi connectivity index (χ3v) is 4.00. The molecule has 0 atom stereocenters. The zero-order valence-electron chi connectivity index (χ0n) is 13.0. The Balaban J connectivity index is 2.27. The lowest BCUT2D eigenvalue weighted by Gasteiger charge is -2.19. The van der Waals surface area contributed by atoms with Crippen molar-refractivity contribution in [3.05, 3.63) is 36.4 Å². The molecule has 0 fully saturated rings. The molecule has 118 valence electrons. The lowest BCUT2D eigenvalue weighted by atomic mass is 10.1. The van der Waals surface area contributed by atoms with Gasteiger partial charge < -0.3 is 4.74 Å². The number of anilines is 1. The molecule has 0 aliphatic heterocycles. The second-order valence-electron chi connectivity index (χ2n) is 6.12. The number of benzene rings is 2. The van der Waals surface area contributed by atoms with Crippen LogP contribution in [0.1, 0.15) is 20.8 Å². The molecule has 0 aliphatic carbocycles. The van der Waals surface area contributed by atoms with Gasteiger partial charge in [-0.15, -0.1) is 0 Å². The molecule has 1 amide bonds. The Morgan fingerprint density at radius 2 is 1.64 bits per heavy atom. The minimum absolute atomic E-state index is 0.271. The molecule has 0 heterocycles. The van der Waals surface area contributed by atoms with Crippen molar-refractivity contribution in [2.24, 2.45) is 0 Å². The van der Waals surface area contributed by atoms with Gasteiger partial charge in [0.2, 0.25) is 0 Å². The Kier molecular flexibility index (Phi) is 4.15. The minimum Gasteiger partial charge on any atom is -0.444 e. The van der Waals surface area contributed by atoms with E-state index in [-0.39, 0.29) is 4.90 Å². The van der Waals surface area contributed by atoms with Crippen molar-refractivity contribution in [2.45, 2.75) is 31.3 Å². The summed E-state index contributed by atoms with van der Waals surface area (Å²) in [7, 11) is -3.23. The number of fused-ring (bicyclic) bond motifs is 1. The van der Waals surface area contributed by atoms with E-state index in [4.69, 9.17) is 4.74 Å². The highest BCUT2D eigenvalue weighted by Crippen LogP contribution is 2.23. The number of amides is 1.